The number of aryl methyl sites for hydroxylation is 2. The minimum atomic E-state index is -0.628. The first-order chi connectivity index (χ1) is 13.9. The fourth-order valence-electron chi connectivity index (χ4n) is 3.20. The summed E-state index contributed by atoms with van der Waals surface area (Å²) in [6.45, 7) is 3.46. The van der Waals surface area contributed by atoms with Crippen molar-refractivity contribution in [1.82, 2.24) is 0 Å². The maximum absolute atomic E-state index is 12.6. The van der Waals surface area contributed by atoms with Crippen molar-refractivity contribution < 1.29 is 23.1 Å². The second-order valence-corrected chi connectivity index (χ2v) is 7.09. The van der Waals surface area contributed by atoms with Gasteiger partial charge in [-0.3, -0.25) is 0 Å². The summed E-state index contributed by atoms with van der Waals surface area (Å²) in [5, 5.41) is 1.91. The van der Waals surface area contributed by atoms with Gasteiger partial charge in [-0.15, -0.1) is 0 Å². The number of halogens is 1. The summed E-state index contributed by atoms with van der Waals surface area (Å²) in [7, 11) is 1.57. The Labute approximate surface area is 170 Å². The zero-order valence-electron chi connectivity index (χ0n) is 16.0. The maximum atomic E-state index is 12.6. The third kappa shape index (κ3) is 3.47. The van der Waals surface area contributed by atoms with Gasteiger partial charge in [-0.05, 0) is 49.7 Å². The molecule has 0 radical (unpaired) electrons. The number of carbonyl (C=O) groups excluding carboxylic acids is 1. The molecular formula is C22H17ClO6. The molecule has 0 amide bonds. The Morgan fingerprint density at radius 2 is 1.83 bits per heavy atom. The highest BCUT2D eigenvalue weighted by Gasteiger charge is 2.20. The number of carbonyl (C=O) groups is 1. The molecule has 7 heteroatoms. The molecule has 29 heavy (non-hydrogen) atoms. The number of furan rings is 1. The maximum Gasteiger partial charge on any atom is 0.374 e. The van der Waals surface area contributed by atoms with Crippen molar-refractivity contribution in [3.05, 3.63) is 74.3 Å². The van der Waals surface area contributed by atoms with Crippen LogP contribution < -0.4 is 10.4 Å². The van der Waals surface area contributed by atoms with E-state index in [1.165, 1.54) is 6.07 Å². The summed E-state index contributed by atoms with van der Waals surface area (Å²) >= 11 is 6.20. The molecule has 148 valence electrons. The molecule has 0 bridgehead atoms. The highest BCUT2D eigenvalue weighted by Crippen LogP contribution is 2.30. The van der Waals surface area contributed by atoms with Crippen LogP contribution in [-0.4, -0.2) is 13.1 Å². The van der Waals surface area contributed by atoms with Crippen LogP contribution in [0.4, 0.5) is 0 Å². The number of methoxy groups -OCH3 is 1. The number of ether oxygens (including phenoxy) is 2. The lowest BCUT2D eigenvalue weighted by Crippen LogP contribution is -2.08. The average molecular weight is 413 g/mol. The van der Waals surface area contributed by atoms with Crippen LogP contribution in [0.25, 0.3) is 21.9 Å². The van der Waals surface area contributed by atoms with Gasteiger partial charge in [0.15, 0.2) is 0 Å². The molecule has 4 aromatic rings. The molecule has 0 saturated carbocycles. The second-order valence-electron chi connectivity index (χ2n) is 6.68. The Morgan fingerprint density at radius 1 is 1.03 bits per heavy atom. The SMILES string of the molecule is COc1ccc2oc(C(=O)OCc3cc(=O)oc4cc(C)c(Cl)cc34)c(C)c2c1. The number of hydrogen-bond acceptors (Lipinski definition) is 6. The Kier molecular flexibility index (Phi) is 4.80. The molecule has 2 aromatic heterocycles. The predicted molar refractivity (Wildman–Crippen MR) is 109 cm³/mol. The molecule has 0 aliphatic rings. The zero-order chi connectivity index (χ0) is 20.7. The summed E-state index contributed by atoms with van der Waals surface area (Å²) in [5.41, 5.74) is 2.35. The second kappa shape index (κ2) is 7.29. The van der Waals surface area contributed by atoms with Gasteiger partial charge in [0.2, 0.25) is 5.76 Å². The van der Waals surface area contributed by atoms with E-state index < -0.39 is 11.6 Å². The van der Waals surface area contributed by atoms with E-state index in [1.807, 2.05) is 6.92 Å². The Hall–Kier alpha value is -3.25. The van der Waals surface area contributed by atoms with Crippen LogP contribution in [0.3, 0.4) is 0 Å². The van der Waals surface area contributed by atoms with E-state index in [9.17, 15) is 9.59 Å². The zero-order valence-corrected chi connectivity index (χ0v) is 16.8. The Morgan fingerprint density at radius 3 is 2.59 bits per heavy atom. The minimum absolute atomic E-state index is 0.106. The van der Waals surface area contributed by atoms with E-state index >= 15 is 0 Å². The first-order valence-corrected chi connectivity index (χ1v) is 9.22. The van der Waals surface area contributed by atoms with Gasteiger partial charge in [-0.1, -0.05) is 11.6 Å². The molecule has 0 spiro atoms. The van der Waals surface area contributed by atoms with Crippen LogP contribution in [0.5, 0.6) is 5.75 Å². The summed E-state index contributed by atoms with van der Waals surface area (Å²) in [6, 6.07) is 9.95. The molecule has 0 N–H and O–H groups in total. The lowest BCUT2D eigenvalue weighted by atomic mass is 10.1. The van der Waals surface area contributed by atoms with Crippen molar-refractivity contribution in [1.29, 1.82) is 0 Å². The van der Waals surface area contributed by atoms with Gasteiger partial charge in [0.25, 0.3) is 0 Å². The largest absolute Gasteiger partial charge is 0.497 e. The fourth-order valence-corrected chi connectivity index (χ4v) is 3.36. The molecule has 0 unspecified atom stereocenters. The summed E-state index contributed by atoms with van der Waals surface area (Å²) < 4.78 is 21.5. The lowest BCUT2D eigenvalue weighted by molar-refractivity contribution is 0.0438. The lowest BCUT2D eigenvalue weighted by Gasteiger charge is -2.08. The number of esters is 1. The van der Waals surface area contributed by atoms with Gasteiger partial charge in [-0.25, -0.2) is 9.59 Å². The molecule has 0 saturated heterocycles. The van der Waals surface area contributed by atoms with Gasteiger partial charge >= 0.3 is 11.6 Å². The van der Waals surface area contributed by atoms with Crippen molar-refractivity contribution in [3.8, 4) is 5.75 Å². The molecule has 4 rings (SSSR count). The summed E-state index contributed by atoms with van der Waals surface area (Å²) in [5.74, 6) is 0.141. The monoisotopic (exact) mass is 412 g/mol. The van der Waals surface area contributed by atoms with E-state index in [2.05, 4.69) is 0 Å². The van der Waals surface area contributed by atoms with E-state index in [-0.39, 0.29) is 12.4 Å². The van der Waals surface area contributed by atoms with E-state index in [1.54, 1.807) is 44.4 Å². The molecule has 0 atom stereocenters. The highest BCUT2D eigenvalue weighted by atomic mass is 35.5. The van der Waals surface area contributed by atoms with Gasteiger partial charge < -0.3 is 18.3 Å². The van der Waals surface area contributed by atoms with Crippen LogP contribution in [0.15, 0.2) is 50.0 Å². The number of hydrogen-bond donors (Lipinski definition) is 0. The van der Waals surface area contributed by atoms with Gasteiger partial charge in [0.05, 0.1) is 7.11 Å². The topological polar surface area (TPSA) is 78.9 Å². The first-order valence-electron chi connectivity index (χ1n) is 8.84. The highest BCUT2D eigenvalue weighted by molar-refractivity contribution is 6.32. The molecule has 6 nitrogen and oxygen atoms in total. The van der Waals surface area contributed by atoms with E-state index in [0.29, 0.717) is 38.5 Å². The fraction of sp³-hybridized carbons (Fsp3) is 0.182. The Balaban J connectivity index is 1.65. The van der Waals surface area contributed by atoms with Gasteiger partial charge in [0, 0.05) is 33.0 Å². The number of benzene rings is 2. The standard InChI is InChI=1S/C22H17ClO6/c1-11-6-19-16(9-17(11)23)13(7-20(24)28-19)10-27-22(25)21-12(2)15-8-14(26-3)4-5-18(15)29-21/h4-9H,10H2,1-3H3. The molecule has 2 aromatic carbocycles. The van der Waals surface area contributed by atoms with Crippen LogP contribution >= 0.6 is 11.6 Å². The average Bonchev–Trinajstić information content (AvgIpc) is 3.03. The summed E-state index contributed by atoms with van der Waals surface area (Å²) in [6.07, 6.45) is 0. The molecule has 0 aliphatic heterocycles. The molecule has 0 aliphatic carbocycles. The predicted octanol–water partition coefficient (Wildman–Crippen LogP) is 5.18. The quantitative estimate of drug-likeness (QED) is 0.339. The Bertz CT molecular complexity index is 1310. The number of fused-ring (bicyclic) bond motifs is 2. The molecule has 2 heterocycles. The van der Waals surface area contributed by atoms with Crippen molar-refractivity contribution in [2.45, 2.75) is 20.5 Å². The van der Waals surface area contributed by atoms with Crippen LogP contribution in [-0.2, 0) is 11.3 Å². The normalized spacial score (nSPS) is 11.2. The van der Waals surface area contributed by atoms with Crippen molar-refractivity contribution in [3.63, 3.8) is 0 Å². The smallest absolute Gasteiger partial charge is 0.374 e. The van der Waals surface area contributed by atoms with Crippen LogP contribution in [0.1, 0.15) is 27.2 Å². The third-order valence-electron chi connectivity index (χ3n) is 4.80. The van der Waals surface area contributed by atoms with Crippen molar-refractivity contribution >= 4 is 39.5 Å². The molecular weight excluding hydrogens is 396 g/mol. The first kappa shape index (κ1) is 19.1. The number of rotatable bonds is 4. The van der Waals surface area contributed by atoms with Crippen molar-refractivity contribution in [2.24, 2.45) is 0 Å². The molecule has 0 fully saturated rings. The van der Waals surface area contributed by atoms with E-state index in [0.717, 1.165) is 10.9 Å². The van der Waals surface area contributed by atoms with Crippen molar-refractivity contribution in [2.75, 3.05) is 7.11 Å². The summed E-state index contributed by atoms with van der Waals surface area (Å²) in [4.78, 5) is 24.5. The van der Waals surface area contributed by atoms with Crippen LogP contribution in [0.2, 0.25) is 5.02 Å². The third-order valence-corrected chi connectivity index (χ3v) is 5.20. The van der Waals surface area contributed by atoms with Gasteiger partial charge in [-0.2, -0.15) is 0 Å². The van der Waals surface area contributed by atoms with Crippen LogP contribution in [0, 0.1) is 13.8 Å². The van der Waals surface area contributed by atoms with Gasteiger partial charge in [0.1, 0.15) is 23.5 Å². The minimum Gasteiger partial charge on any atom is -0.497 e. The van der Waals surface area contributed by atoms with E-state index in [4.69, 9.17) is 29.9 Å².